The molecule has 20 heavy (non-hydrogen) atoms. The molecule has 1 aromatic rings. The molecule has 5 heteroatoms. The van der Waals surface area contributed by atoms with E-state index in [0.717, 1.165) is 32.7 Å². The van der Waals surface area contributed by atoms with Gasteiger partial charge in [0.05, 0.1) is 12.2 Å². The maximum absolute atomic E-state index is 4.90. The van der Waals surface area contributed by atoms with Gasteiger partial charge in [-0.05, 0) is 19.5 Å². The van der Waals surface area contributed by atoms with Crippen molar-refractivity contribution in [3.63, 3.8) is 0 Å². The number of likely N-dealkylation sites (N-methyl/N-ethyl adjacent to an activating group) is 1. The maximum Gasteiger partial charge on any atom is 0.107 e. The molecular weight excluding hydrogens is 268 g/mol. The Morgan fingerprint density at radius 2 is 1.95 bits per heavy atom. The van der Waals surface area contributed by atoms with E-state index in [0.29, 0.717) is 5.92 Å². The van der Waals surface area contributed by atoms with Gasteiger partial charge >= 0.3 is 0 Å². The highest BCUT2D eigenvalue weighted by molar-refractivity contribution is 7.11. The summed E-state index contributed by atoms with van der Waals surface area (Å²) >= 11 is 1.89. The molecule has 1 aliphatic rings. The summed E-state index contributed by atoms with van der Waals surface area (Å²) in [4.78, 5) is 11.2. The van der Waals surface area contributed by atoms with Crippen molar-refractivity contribution >= 4 is 11.3 Å². The largest absolute Gasteiger partial charge is 0.312 e. The van der Waals surface area contributed by atoms with E-state index >= 15 is 0 Å². The Balaban J connectivity index is 2.00. The highest BCUT2D eigenvalue weighted by atomic mass is 32.1. The number of aromatic nitrogens is 1. The summed E-state index contributed by atoms with van der Waals surface area (Å²) in [5.74, 6) is 0.515. The molecule has 1 N–H and O–H groups in total. The van der Waals surface area contributed by atoms with E-state index in [4.69, 9.17) is 4.98 Å². The van der Waals surface area contributed by atoms with Crippen LogP contribution in [0.5, 0.6) is 0 Å². The molecule has 0 spiro atoms. The van der Waals surface area contributed by atoms with Crippen LogP contribution in [0.3, 0.4) is 0 Å². The molecule has 0 amide bonds. The smallest absolute Gasteiger partial charge is 0.107 e. The lowest BCUT2D eigenvalue weighted by Gasteiger charge is -2.31. The van der Waals surface area contributed by atoms with Gasteiger partial charge < -0.3 is 10.2 Å². The van der Waals surface area contributed by atoms with Crippen molar-refractivity contribution in [1.29, 1.82) is 0 Å². The van der Waals surface area contributed by atoms with Crippen molar-refractivity contribution in [2.24, 2.45) is 0 Å². The molecule has 1 fully saturated rings. The van der Waals surface area contributed by atoms with Crippen molar-refractivity contribution in [2.75, 3.05) is 39.8 Å². The molecule has 2 heterocycles. The van der Waals surface area contributed by atoms with E-state index < -0.39 is 0 Å². The molecule has 0 aliphatic carbocycles. The van der Waals surface area contributed by atoms with E-state index in [2.05, 4.69) is 42.9 Å². The Morgan fingerprint density at radius 3 is 2.55 bits per heavy atom. The normalized spacial score (nSPS) is 18.1. The number of hydrogen-bond donors (Lipinski definition) is 1. The Hall–Kier alpha value is -0.490. The van der Waals surface area contributed by atoms with Gasteiger partial charge in [0.1, 0.15) is 5.01 Å². The van der Waals surface area contributed by atoms with Crippen LogP contribution in [-0.2, 0) is 13.1 Å². The van der Waals surface area contributed by atoms with E-state index in [1.165, 1.54) is 28.7 Å². The summed E-state index contributed by atoms with van der Waals surface area (Å²) in [6.45, 7) is 14.3. The molecule has 0 unspecified atom stereocenters. The summed E-state index contributed by atoms with van der Waals surface area (Å²) in [6.07, 6.45) is 0. The zero-order chi connectivity index (χ0) is 14.5. The zero-order valence-electron chi connectivity index (χ0n) is 13.3. The van der Waals surface area contributed by atoms with Gasteiger partial charge in [0.25, 0.3) is 0 Å². The van der Waals surface area contributed by atoms with E-state index in [1.807, 2.05) is 11.3 Å². The standard InChI is InChI=1S/C15H28N4S/c1-5-16-10-13-15(12(2)3)17-14(20-13)11-19-8-6-18(4)7-9-19/h12,16H,5-11H2,1-4H3. The van der Waals surface area contributed by atoms with Gasteiger partial charge in [0, 0.05) is 37.6 Å². The summed E-state index contributed by atoms with van der Waals surface area (Å²) < 4.78 is 0. The van der Waals surface area contributed by atoms with E-state index in [9.17, 15) is 0 Å². The molecule has 2 rings (SSSR count). The molecule has 0 saturated carbocycles. The molecule has 0 radical (unpaired) electrons. The van der Waals surface area contributed by atoms with Crippen LogP contribution in [0.25, 0.3) is 0 Å². The van der Waals surface area contributed by atoms with Crippen LogP contribution in [0.15, 0.2) is 0 Å². The van der Waals surface area contributed by atoms with Crippen LogP contribution in [0.4, 0.5) is 0 Å². The van der Waals surface area contributed by atoms with Crippen LogP contribution in [0.2, 0.25) is 0 Å². The fraction of sp³-hybridized carbons (Fsp3) is 0.800. The molecule has 114 valence electrons. The lowest BCUT2D eigenvalue weighted by Crippen LogP contribution is -2.43. The van der Waals surface area contributed by atoms with Gasteiger partial charge in [0.2, 0.25) is 0 Å². The predicted octanol–water partition coefficient (Wildman–Crippen LogP) is 2.12. The lowest BCUT2D eigenvalue weighted by atomic mass is 10.1. The van der Waals surface area contributed by atoms with Gasteiger partial charge in [-0.25, -0.2) is 4.98 Å². The molecule has 0 aromatic carbocycles. The van der Waals surface area contributed by atoms with Crippen LogP contribution >= 0.6 is 11.3 Å². The summed E-state index contributed by atoms with van der Waals surface area (Å²) in [5, 5.41) is 4.72. The molecule has 0 bridgehead atoms. The van der Waals surface area contributed by atoms with Crippen molar-refractivity contribution in [3.8, 4) is 0 Å². The van der Waals surface area contributed by atoms with E-state index in [1.54, 1.807) is 0 Å². The third-order valence-corrected chi connectivity index (χ3v) is 4.86. The van der Waals surface area contributed by atoms with E-state index in [-0.39, 0.29) is 0 Å². The number of hydrogen-bond acceptors (Lipinski definition) is 5. The van der Waals surface area contributed by atoms with Crippen molar-refractivity contribution in [3.05, 3.63) is 15.6 Å². The monoisotopic (exact) mass is 296 g/mol. The second kappa shape index (κ2) is 7.50. The molecule has 1 aliphatic heterocycles. The molecular formula is C15H28N4S. The number of piperazine rings is 1. The summed E-state index contributed by atoms with van der Waals surface area (Å²) in [5.41, 5.74) is 1.29. The van der Waals surface area contributed by atoms with Crippen LogP contribution in [0, 0.1) is 0 Å². The van der Waals surface area contributed by atoms with Crippen molar-refractivity contribution in [1.82, 2.24) is 20.1 Å². The Morgan fingerprint density at radius 1 is 1.25 bits per heavy atom. The number of thiazole rings is 1. The first-order chi connectivity index (χ1) is 9.60. The third-order valence-electron chi connectivity index (χ3n) is 3.81. The maximum atomic E-state index is 4.90. The zero-order valence-corrected chi connectivity index (χ0v) is 14.1. The first kappa shape index (κ1) is 15.9. The molecule has 0 atom stereocenters. The Kier molecular flexibility index (Phi) is 5.96. The summed E-state index contributed by atoms with van der Waals surface area (Å²) in [6, 6.07) is 0. The Bertz CT molecular complexity index is 408. The van der Waals surface area contributed by atoms with Crippen LogP contribution in [0.1, 0.15) is 42.3 Å². The lowest BCUT2D eigenvalue weighted by molar-refractivity contribution is 0.148. The Labute approximate surface area is 127 Å². The molecule has 1 aromatic heterocycles. The first-order valence-corrected chi connectivity index (χ1v) is 8.52. The third kappa shape index (κ3) is 4.25. The number of nitrogens with zero attached hydrogens (tertiary/aromatic N) is 3. The fourth-order valence-corrected chi connectivity index (χ4v) is 3.73. The first-order valence-electron chi connectivity index (χ1n) is 7.70. The molecule has 4 nitrogen and oxygen atoms in total. The minimum atomic E-state index is 0.515. The fourth-order valence-electron chi connectivity index (χ4n) is 2.50. The van der Waals surface area contributed by atoms with Gasteiger partial charge in [-0.3, -0.25) is 4.90 Å². The topological polar surface area (TPSA) is 31.4 Å². The average Bonchev–Trinajstić information content (AvgIpc) is 2.82. The predicted molar refractivity (Wildman–Crippen MR) is 86.4 cm³/mol. The van der Waals surface area contributed by atoms with Gasteiger partial charge in [0.15, 0.2) is 0 Å². The van der Waals surface area contributed by atoms with Gasteiger partial charge in [-0.15, -0.1) is 11.3 Å². The van der Waals surface area contributed by atoms with Gasteiger partial charge in [-0.2, -0.15) is 0 Å². The highest BCUT2D eigenvalue weighted by Gasteiger charge is 2.18. The second-order valence-corrected chi connectivity index (χ2v) is 7.10. The minimum absolute atomic E-state index is 0.515. The van der Waals surface area contributed by atoms with Crippen LogP contribution in [-0.4, -0.2) is 54.6 Å². The van der Waals surface area contributed by atoms with Crippen molar-refractivity contribution in [2.45, 2.75) is 39.8 Å². The minimum Gasteiger partial charge on any atom is -0.312 e. The number of nitrogens with one attached hydrogen (secondary N) is 1. The SMILES string of the molecule is CCNCc1sc(CN2CCN(C)CC2)nc1C(C)C. The summed E-state index contributed by atoms with van der Waals surface area (Å²) in [7, 11) is 2.20. The molecule has 1 saturated heterocycles. The van der Waals surface area contributed by atoms with Crippen LogP contribution < -0.4 is 5.32 Å². The second-order valence-electron chi connectivity index (χ2n) is 5.93. The average molecular weight is 296 g/mol. The van der Waals surface area contributed by atoms with Crippen molar-refractivity contribution < 1.29 is 0 Å². The quantitative estimate of drug-likeness (QED) is 0.871. The highest BCUT2D eigenvalue weighted by Crippen LogP contribution is 2.26. The van der Waals surface area contributed by atoms with Gasteiger partial charge in [-0.1, -0.05) is 20.8 Å². The number of rotatable bonds is 6.